The standard InChI is InChI=1S/C14H21FN2S/c1-10-9-17(7-8-18-10)13-6-4-5-12(15)14(13)11(2)16-3/h4-6,10-11,16H,7-9H2,1-3H3. The molecule has 0 aliphatic carbocycles. The molecule has 2 atom stereocenters. The first-order chi connectivity index (χ1) is 8.63. The zero-order chi connectivity index (χ0) is 13.1. The number of halogens is 1. The lowest BCUT2D eigenvalue weighted by atomic mass is 10.0. The second-order valence-corrected chi connectivity index (χ2v) is 6.36. The van der Waals surface area contributed by atoms with Crippen molar-refractivity contribution in [3.05, 3.63) is 29.6 Å². The van der Waals surface area contributed by atoms with Crippen LogP contribution in [0.25, 0.3) is 0 Å². The number of hydrogen-bond acceptors (Lipinski definition) is 3. The minimum Gasteiger partial charge on any atom is -0.369 e. The summed E-state index contributed by atoms with van der Waals surface area (Å²) in [7, 11) is 1.87. The smallest absolute Gasteiger partial charge is 0.130 e. The molecular weight excluding hydrogens is 247 g/mol. The molecule has 1 aromatic rings. The van der Waals surface area contributed by atoms with E-state index < -0.39 is 0 Å². The highest BCUT2D eigenvalue weighted by Gasteiger charge is 2.22. The predicted octanol–water partition coefficient (Wildman–Crippen LogP) is 3.05. The SMILES string of the molecule is CNC(C)c1c(F)cccc1N1CCSC(C)C1. The summed E-state index contributed by atoms with van der Waals surface area (Å²) in [6.07, 6.45) is 0. The normalized spacial score (nSPS) is 22.0. The van der Waals surface area contributed by atoms with Gasteiger partial charge in [0.1, 0.15) is 5.82 Å². The molecule has 1 aliphatic rings. The summed E-state index contributed by atoms with van der Waals surface area (Å²) in [6.45, 7) is 6.24. The minimum absolute atomic E-state index is 0.0334. The summed E-state index contributed by atoms with van der Waals surface area (Å²) in [5.41, 5.74) is 1.84. The molecule has 18 heavy (non-hydrogen) atoms. The molecule has 0 bridgehead atoms. The number of nitrogens with one attached hydrogen (secondary N) is 1. The van der Waals surface area contributed by atoms with E-state index in [1.165, 1.54) is 0 Å². The fourth-order valence-electron chi connectivity index (χ4n) is 2.41. The molecular formula is C14H21FN2S. The molecule has 0 saturated carbocycles. The van der Waals surface area contributed by atoms with Crippen molar-refractivity contribution in [2.24, 2.45) is 0 Å². The third kappa shape index (κ3) is 2.81. The van der Waals surface area contributed by atoms with E-state index in [-0.39, 0.29) is 11.9 Å². The van der Waals surface area contributed by atoms with Crippen molar-refractivity contribution < 1.29 is 4.39 Å². The van der Waals surface area contributed by atoms with Gasteiger partial charge in [0.05, 0.1) is 0 Å². The van der Waals surface area contributed by atoms with Crippen LogP contribution in [0.15, 0.2) is 18.2 Å². The zero-order valence-electron chi connectivity index (χ0n) is 11.2. The second kappa shape index (κ2) is 5.93. The lowest BCUT2D eigenvalue weighted by Gasteiger charge is -2.34. The first-order valence-electron chi connectivity index (χ1n) is 6.45. The molecule has 1 N–H and O–H groups in total. The predicted molar refractivity (Wildman–Crippen MR) is 78.0 cm³/mol. The van der Waals surface area contributed by atoms with Crippen LogP contribution in [0.5, 0.6) is 0 Å². The summed E-state index contributed by atoms with van der Waals surface area (Å²) in [5.74, 6) is 1.01. The van der Waals surface area contributed by atoms with E-state index >= 15 is 0 Å². The van der Waals surface area contributed by atoms with Crippen molar-refractivity contribution in [1.29, 1.82) is 0 Å². The van der Waals surface area contributed by atoms with Gasteiger partial charge in [0, 0.05) is 41.4 Å². The summed E-state index contributed by atoms with van der Waals surface area (Å²) in [5, 5.41) is 3.75. The van der Waals surface area contributed by atoms with Crippen LogP contribution in [-0.4, -0.2) is 31.1 Å². The third-order valence-electron chi connectivity index (χ3n) is 3.48. The number of nitrogens with zero attached hydrogens (tertiary/aromatic N) is 1. The highest BCUT2D eigenvalue weighted by Crippen LogP contribution is 2.31. The van der Waals surface area contributed by atoms with Gasteiger partial charge in [-0.05, 0) is 26.1 Å². The Hall–Kier alpha value is -0.740. The van der Waals surface area contributed by atoms with Gasteiger partial charge in [-0.25, -0.2) is 4.39 Å². The van der Waals surface area contributed by atoms with E-state index in [2.05, 4.69) is 17.1 Å². The first kappa shape index (κ1) is 13.7. The Morgan fingerprint density at radius 1 is 1.50 bits per heavy atom. The quantitative estimate of drug-likeness (QED) is 0.907. The van der Waals surface area contributed by atoms with E-state index in [4.69, 9.17) is 0 Å². The van der Waals surface area contributed by atoms with Crippen molar-refractivity contribution in [2.45, 2.75) is 25.1 Å². The highest BCUT2D eigenvalue weighted by molar-refractivity contribution is 8.00. The first-order valence-corrected chi connectivity index (χ1v) is 7.50. The van der Waals surface area contributed by atoms with E-state index in [1.807, 2.05) is 37.9 Å². The lowest BCUT2D eigenvalue weighted by Crippen LogP contribution is -2.37. The molecule has 1 saturated heterocycles. The van der Waals surface area contributed by atoms with Gasteiger partial charge < -0.3 is 10.2 Å². The fourth-order valence-corrected chi connectivity index (χ4v) is 3.43. The lowest BCUT2D eigenvalue weighted by molar-refractivity contribution is 0.559. The van der Waals surface area contributed by atoms with Gasteiger partial charge in [0.25, 0.3) is 0 Å². The van der Waals surface area contributed by atoms with E-state index in [0.717, 1.165) is 30.1 Å². The van der Waals surface area contributed by atoms with Gasteiger partial charge in [-0.2, -0.15) is 11.8 Å². The molecule has 1 aromatic carbocycles. The molecule has 0 radical (unpaired) electrons. The Balaban J connectivity index is 2.34. The Kier molecular flexibility index (Phi) is 4.51. The van der Waals surface area contributed by atoms with Crippen molar-refractivity contribution in [3.8, 4) is 0 Å². The van der Waals surface area contributed by atoms with Gasteiger partial charge in [-0.3, -0.25) is 0 Å². The highest BCUT2D eigenvalue weighted by atomic mass is 32.2. The van der Waals surface area contributed by atoms with Gasteiger partial charge in [0.15, 0.2) is 0 Å². The minimum atomic E-state index is -0.111. The molecule has 4 heteroatoms. The maximum absolute atomic E-state index is 14.1. The van der Waals surface area contributed by atoms with Gasteiger partial charge >= 0.3 is 0 Å². The van der Waals surface area contributed by atoms with Gasteiger partial charge in [-0.1, -0.05) is 13.0 Å². The van der Waals surface area contributed by atoms with Crippen LogP contribution < -0.4 is 10.2 Å². The summed E-state index contributed by atoms with van der Waals surface area (Å²) in [6, 6.07) is 5.43. The zero-order valence-corrected chi connectivity index (χ0v) is 12.1. The molecule has 2 nitrogen and oxygen atoms in total. The van der Waals surface area contributed by atoms with Gasteiger partial charge in [0.2, 0.25) is 0 Å². The molecule has 2 unspecified atom stereocenters. The molecule has 0 aromatic heterocycles. The number of benzene rings is 1. The second-order valence-electron chi connectivity index (χ2n) is 4.81. The molecule has 0 spiro atoms. The molecule has 0 amide bonds. The van der Waals surface area contributed by atoms with Crippen LogP contribution in [0.3, 0.4) is 0 Å². The summed E-state index contributed by atoms with van der Waals surface area (Å²) >= 11 is 1.99. The Morgan fingerprint density at radius 3 is 2.94 bits per heavy atom. The largest absolute Gasteiger partial charge is 0.369 e. The molecule has 100 valence electrons. The topological polar surface area (TPSA) is 15.3 Å². The van der Waals surface area contributed by atoms with Crippen molar-refractivity contribution >= 4 is 17.4 Å². The molecule has 1 heterocycles. The molecule has 1 aliphatic heterocycles. The van der Waals surface area contributed by atoms with Gasteiger partial charge in [-0.15, -0.1) is 0 Å². The van der Waals surface area contributed by atoms with Crippen LogP contribution in [0.2, 0.25) is 0 Å². The Bertz CT molecular complexity index is 411. The monoisotopic (exact) mass is 268 g/mol. The van der Waals surface area contributed by atoms with Crippen molar-refractivity contribution in [2.75, 3.05) is 30.8 Å². The number of anilines is 1. The summed E-state index contributed by atoms with van der Waals surface area (Å²) in [4.78, 5) is 2.31. The molecule has 1 fully saturated rings. The Morgan fingerprint density at radius 2 is 2.28 bits per heavy atom. The summed E-state index contributed by atoms with van der Waals surface area (Å²) < 4.78 is 14.1. The van der Waals surface area contributed by atoms with Crippen LogP contribution in [0.1, 0.15) is 25.5 Å². The maximum atomic E-state index is 14.1. The Labute approximate surface area is 113 Å². The number of rotatable bonds is 3. The average molecular weight is 268 g/mol. The van der Waals surface area contributed by atoms with Crippen LogP contribution in [0.4, 0.5) is 10.1 Å². The third-order valence-corrected chi connectivity index (χ3v) is 4.61. The van der Waals surface area contributed by atoms with E-state index in [1.54, 1.807) is 6.07 Å². The maximum Gasteiger partial charge on any atom is 0.130 e. The van der Waals surface area contributed by atoms with Crippen LogP contribution in [-0.2, 0) is 0 Å². The average Bonchev–Trinajstić information content (AvgIpc) is 2.37. The fraction of sp³-hybridized carbons (Fsp3) is 0.571. The van der Waals surface area contributed by atoms with Crippen LogP contribution in [0, 0.1) is 5.82 Å². The number of thioether (sulfide) groups is 1. The van der Waals surface area contributed by atoms with Crippen molar-refractivity contribution in [1.82, 2.24) is 5.32 Å². The van der Waals surface area contributed by atoms with Crippen LogP contribution >= 0.6 is 11.8 Å². The van der Waals surface area contributed by atoms with E-state index in [9.17, 15) is 4.39 Å². The van der Waals surface area contributed by atoms with E-state index in [0.29, 0.717) is 5.25 Å². The number of hydrogen-bond donors (Lipinski definition) is 1. The molecule has 2 rings (SSSR count). The van der Waals surface area contributed by atoms with Crippen molar-refractivity contribution in [3.63, 3.8) is 0 Å².